The fourth-order valence-electron chi connectivity index (χ4n) is 3.64. The van der Waals surface area contributed by atoms with Gasteiger partial charge in [0, 0.05) is 51.0 Å². The highest BCUT2D eigenvalue weighted by Crippen LogP contribution is 2.27. The lowest BCUT2D eigenvalue weighted by Crippen LogP contribution is -2.51. The third-order valence-corrected chi connectivity index (χ3v) is 4.99. The average Bonchev–Trinajstić information content (AvgIpc) is 3.11. The molecule has 4 rings (SSSR count). The molecule has 1 fully saturated rings. The van der Waals surface area contributed by atoms with Crippen molar-refractivity contribution in [2.45, 2.75) is 25.9 Å². The second-order valence-electron chi connectivity index (χ2n) is 6.65. The summed E-state index contributed by atoms with van der Waals surface area (Å²) < 4.78 is 5.59. The molecule has 6 nitrogen and oxygen atoms in total. The van der Waals surface area contributed by atoms with Gasteiger partial charge in [0.25, 0.3) is 0 Å². The minimum Gasteiger partial charge on any atom is -0.493 e. The third-order valence-electron chi connectivity index (χ3n) is 4.99. The number of nitriles is 1. The van der Waals surface area contributed by atoms with E-state index in [9.17, 15) is 5.26 Å². The van der Waals surface area contributed by atoms with E-state index in [1.807, 2.05) is 0 Å². The van der Waals surface area contributed by atoms with Gasteiger partial charge in [0.15, 0.2) is 11.5 Å². The largest absolute Gasteiger partial charge is 0.493 e. The zero-order valence-electron chi connectivity index (χ0n) is 14.4. The van der Waals surface area contributed by atoms with Gasteiger partial charge >= 0.3 is 0 Å². The molecule has 128 valence electrons. The van der Waals surface area contributed by atoms with Crippen LogP contribution in [0.1, 0.15) is 23.7 Å². The van der Waals surface area contributed by atoms with Gasteiger partial charge in [0.1, 0.15) is 11.8 Å². The highest BCUT2D eigenvalue weighted by molar-refractivity contribution is 5.50. The van der Waals surface area contributed by atoms with E-state index in [-0.39, 0.29) is 0 Å². The van der Waals surface area contributed by atoms with E-state index in [0.717, 1.165) is 45.0 Å². The van der Waals surface area contributed by atoms with Gasteiger partial charge < -0.3 is 9.64 Å². The van der Waals surface area contributed by atoms with Crippen molar-refractivity contribution in [2.75, 3.05) is 31.1 Å². The Balaban J connectivity index is 1.44. The van der Waals surface area contributed by atoms with Crippen LogP contribution in [0.15, 0.2) is 30.6 Å². The van der Waals surface area contributed by atoms with Crippen molar-refractivity contribution in [2.24, 2.45) is 0 Å². The van der Waals surface area contributed by atoms with Crippen LogP contribution in [0.4, 0.5) is 5.82 Å². The van der Waals surface area contributed by atoms with E-state index in [2.05, 4.69) is 51.0 Å². The lowest BCUT2D eigenvalue weighted by Gasteiger charge is -2.40. The first kappa shape index (κ1) is 15.9. The lowest BCUT2D eigenvalue weighted by atomic mass is 10.1. The SMILES string of the molecule is C[C@H]1CN(c2nccnc2C#N)CCN1Cc1ccc2c(c1)CCO2. The van der Waals surface area contributed by atoms with Crippen LogP contribution in [0.25, 0.3) is 0 Å². The first-order valence-electron chi connectivity index (χ1n) is 8.69. The molecule has 1 aromatic heterocycles. The Labute approximate surface area is 147 Å². The van der Waals surface area contributed by atoms with E-state index < -0.39 is 0 Å². The summed E-state index contributed by atoms with van der Waals surface area (Å²) >= 11 is 0. The molecule has 2 aliphatic rings. The number of piperazine rings is 1. The van der Waals surface area contributed by atoms with Crippen LogP contribution in [-0.2, 0) is 13.0 Å². The van der Waals surface area contributed by atoms with E-state index in [1.165, 1.54) is 11.1 Å². The van der Waals surface area contributed by atoms with Gasteiger partial charge in [-0.3, -0.25) is 4.90 Å². The molecule has 2 aromatic rings. The summed E-state index contributed by atoms with van der Waals surface area (Å²) in [4.78, 5) is 13.1. The molecule has 0 N–H and O–H groups in total. The van der Waals surface area contributed by atoms with Crippen molar-refractivity contribution < 1.29 is 4.74 Å². The Kier molecular flexibility index (Phi) is 4.24. The van der Waals surface area contributed by atoms with Crippen LogP contribution >= 0.6 is 0 Å². The van der Waals surface area contributed by atoms with Crippen LogP contribution in [0.3, 0.4) is 0 Å². The third kappa shape index (κ3) is 3.15. The number of hydrogen-bond donors (Lipinski definition) is 0. The molecule has 0 bridgehead atoms. The van der Waals surface area contributed by atoms with Gasteiger partial charge in [-0.15, -0.1) is 0 Å². The molecule has 3 heterocycles. The maximum Gasteiger partial charge on any atom is 0.183 e. The van der Waals surface area contributed by atoms with E-state index in [1.54, 1.807) is 12.4 Å². The predicted octanol–water partition coefficient (Wildman–Crippen LogP) is 1.99. The number of nitrogens with zero attached hydrogens (tertiary/aromatic N) is 5. The minimum atomic E-state index is 0.381. The molecule has 25 heavy (non-hydrogen) atoms. The smallest absolute Gasteiger partial charge is 0.183 e. The first-order valence-corrected chi connectivity index (χ1v) is 8.69. The zero-order chi connectivity index (χ0) is 17.2. The molecule has 0 saturated carbocycles. The summed E-state index contributed by atoms with van der Waals surface area (Å²) in [6, 6.07) is 9.06. The number of anilines is 1. The molecule has 0 spiro atoms. The molecule has 1 atom stereocenters. The molecule has 6 heteroatoms. The van der Waals surface area contributed by atoms with Crippen LogP contribution in [-0.4, -0.2) is 47.2 Å². The maximum absolute atomic E-state index is 9.24. The van der Waals surface area contributed by atoms with Crippen molar-refractivity contribution >= 4 is 5.82 Å². The summed E-state index contributed by atoms with van der Waals surface area (Å²) in [5.74, 6) is 1.74. The van der Waals surface area contributed by atoms with E-state index in [4.69, 9.17) is 4.74 Å². The summed E-state index contributed by atoms with van der Waals surface area (Å²) in [6.45, 7) is 6.61. The molecule has 1 aromatic carbocycles. The van der Waals surface area contributed by atoms with Gasteiger partial charge in [0.2, 0.25) is 0 Å². The highest BCUT2D eigenvalue weighted by Gasteiger charge is 2.26. The molecule has 1 saturated heterocycles. The predicted molar refractivity (Wildman–Crippen MR) is 94.5 cm³/mol. The van der Waals surface area contributed by atoms with Crippen molar-refractivity contribution in [3.05, 3.63) is 47.4 Å². The fourth-order valence-corrected chi connectivity index (χ4v) is 3.64. The summed E-state index contributed by atoms with van der Waals surface area (Å²) in [5, 5.41) is 9.24. The first-order chi connectivity index (χ1) is 12.2. The Morgan fingerprint density at radius 1 is 1.28 bits per heavy atom. The minimum absolute atomic E-state index is 0.381. The number of ether oxygens (including phenoxy) is 1. The standard InChI is InChI=1S/C19H21N5O/c1-14-12-24(19-17(11-20)21-5-6-22-19)8-7-23(14)13-15-2-3-18-16(10-15)4-9-25-18/h2-3,5-6,10,14H,4,7-9,12-13H2,1H3/t14-/m0/s1. The van der Waals surface area contributed by atoms with Gasteiger partial charge in [-0.2, -0.15) is 5.26 Å². The second kappa shape index (κ2) is 6.69. The molecule has 0 radical (unpaired) electrons. The maximum atomic E-state index is 9.24. The topological polar surface area (TPSA) is 65.3 Å². The molecular weight excluding hydrogens is 314 g/mol. The normalized spacial score (nSPS) is 20.0. The molecule has 0 amide bonds. The monoisotopic (exact) mass is 335 g/mol. The summed E-state index contributed by atoms with van der Waals surface area (Å²) in [5.41, 5.74) is 3.06. The van der Waals surface area contributed by atoms with Gasteiger partial charge in [-0.25, -0.2) is 9.97 Å². The van der Waals surface area contributed by atoms with Crippen molar-refractivity contribution in [1.82, 2.24) is 14.9 Å². The highest BCUT2D eigenvalue weighted by atomic mass is 16.5. The number of rotatable bonds is 3. The molecule has 2 aliphatic heterocycles. The van der Waals surface area contributed by atoms with E-state index in [0.29, 0.717) is 17.6 Å². The number of aromatic nitrogens is 2. The Morgan fingerprint density at radius 2 is 2.16 bits per heavy atom. The Hall–Kier alpha value is -2.65. The van der Waals surface area contributed by atoms with Crippen LogP contribution in [0.5, 0.6) is 5.75 Å². The van der Waals surface area contributed by atoms with Crippen molar-refractivity contribution in [3.8, 4) is 11.8 Å². The van der Waals surface area contributed by atoms with Crippen LogP contribution in [0, 0.1) is 11.3 Å². The Morgan fingerprint density at radius 3 is 3.00 bits per heavy atom. The van der Waals surface area contributed by atoms with Crippen LogP contribution < -0.4 is 9.64 Å². The Bertz CT molecular complexity index is 816. The van der Waals surface area contributed by atoms with Gasteiger partial charge in [0.05, 0.1) is 6.61 Å². The van der Waals surface area contributed by atoms with E-state index >= 15 is 0 Å². The zero-order valence-corrected chi connectivity index (χ0v) is 14.4. The quantitative estimate of drug-likeness (QED) is 0.855. The average molecular weight is 335 g/mol. The fraction of sp³-hybridized carbons (Fsp3) is 0.421. The van der Waals surface area contributed by atoms with Gasteiger partial charge in [-0.05, 0) is 24.1 Å². The molecule has 0 unspecified atom stereocenters. The lowest BCUT2D eigenvalue weighted by molar-refractivity contribution is 0.180. The molecular formula is C19H21N5O. The second-order valence-corrected chi connectivity index (χ2v) is 6.65. The summed E-state index contributed by atoms with van der Waals surface area (Å²) in [6.07, 6.45) is 4.23. The number of benzene rings is 1. The summed E-state index contributed by atoms with van der Waals surface area (Å²) in [7, 11) is 0. The number of hydrogen-bond acceptors (Lipinski definition) is 6. The molecule has 0 aliphatic carbocycles. The van der Waals surface area contributed by atoms with Crippen molar-refractivity contribution in [3.63, 3.8) is 0 Å². The van der Waals surface area contributed by atoms with Crippen LogP contribution in [0.2, 0.25) is 0 Å². The number of fused-ring (bicyclic) bond motifs is 1. The van der Waals surface area contributed by atoms with Gasteiger partial charge in [-0.1, -0.05) is 12.1 Å². The van der Waals surface area contributed by atoms with Crippen molar-refractivity contribution in [1.29, 1.82) is 5.26 Å².